The maximum absolute atomic E-state index is 12.2. The van der Waals surface area contributed by atoms with Crippen LogP contribution in [0.2, 0.25) is 0 Å². The van der Waals surface area contributed by atoms with E-state index in [4.69, 9.17) is 16.9 Å². The third-order valence-electron chi connectivity index (χ3n) is 2.38. The zero-order valence-electron chi connectivity index (χ0n) is 9.95. The van der Waals surface area contributed by atoms with Gasteiger partial charge in [-0.25, -0.2) is 0 Å². The predicted molar refractivity (Wildman–Crippen MR) is 63.1 cm³/mol. The van der Waals surface area contributed by atoms with Crippen LogP contribution in [-0.4, -0.2) is 19.7 Å². The number of hydrogen-bond donors (Lipinski definition) is 0. The summed E-state index contributed by atoms with van der Waals surface area (Å²) in [5, 5.41) is 9.07. The first-order valence-corrected chi connectivity index (χ1v) is 5.69. The van der Waals surface area contributed by atoms with Gasteiger partial charge in [0.1, 0.15) is 5.75 Å². The smallest absolute Gasteiger partial charge is 0.387 e. The molecule has 0 fully saturated rings. The number of esters is 1. The molecule has 1 aromatic carbocycles. The molecule has 0 saturated heterocycles. The van der Waals surface area contributed by atoms with Crippen LogP contribution in [-0.2, 0) is 21.8 Å². The first-order valence-electron chi connectivity index (χ1n) is 5.15. The van der Waals surface area contributed by atoms with Crippen LogP contribution in [0.3, 0.4) is 0 Å². The van der Waals surface area contributed by atoms with Crippen molar-refractivity contribution in [2.45, 2.75) is 18.9 Å². The largest absolute Gasteiger partial charge is 0.469 e. The number of benzene rings is 1. The van der Waals surface area contributed by atoms with Gasteiger partial charge in [0.2, 0.25) is 0 Å². The van der Waals surface area contributed by atoms with Crippen LogP contribution in [0.25, 0.3) is 0 Å². The van der Waals surface area contributed by atoms with Gasteiger partial charge >= 0.3 is 12.6 Å². The molecule has 0 unspecified atom stereocenters. The Morgan fingerprint density at radius 3 is 2.68 bits per heavy atom. The van der Waals surface area contributed by atoms with Crippen molar-refractivity contribution < 1.29 is 23.0 Å². The van der Waals surface area contributed by atoms with Crippen LogP contribution in [0, 0.1) is 11.3 Å². The summed E-state index contributed by atoms with van der Waals surface area (Å²) in [6.07, 6.45) is -0.141. The van der Waals surface area contributed by atoms with Crippen molar-refractivity contribution in [3.63, 3.8) is 0 Å². The van der Waals surface area contributed by atoms with E-state index in [-0.39, 0.29) is 29.2 Å². The summed E-state index contributed by atoms with van der Waals surface area (Å²) in [5.41, 5.74) is 0.538. The number of carbonyl (C=O) groups is 1. The Kier molecular flexibility index (Phi) is 5.52. The molecule has 1 aromatic rings. The third-order valence-corrected chi connectivity index (χ3v) is 2.65. The molecule has 0 radical (unpaired) electrons. The number of halogens is 3. The van der Waals surface area contributed by atoms with E-state index in [1.807, 2.05) is 6.07 Å². The Bertz CT molecular complexity index is 514. The molecule has 0 aliphatic heterocycles. The van der Waals surface area contributed by atoms with E-state index in [1.54, 1.807) is 0 Å². The number of ether oxygens (including phenoxy) is 2. The topological polar surface area (TPSA) is 59.3 Å². The molecule has 0 saturated carbocycles. The number of nitriles is 1. The molecule has 0 spiro atoms. The number of carbonyl (C=O) groups excluding carboxylic acids is 1. The highest BCUT2D eigenvalue weighted by molar-refractivity contribution is 6.17. The fraction of sp³-hybridized carbons (Fsp3) is 0.333. The zero-order valence-corrected chi connectivity index (χ0v) is 10.7. The van der Waals surface area contributed by atoms with Crippen LogP contribution >= 0.6 is 11.6 Å². The van der Waals surface area contributed by atoms with Gasteiger partial charge < -0.3 is 9.47 Å². The van der Waals surface area contributed by atoms with Crippen LogP contribution in [0.4, 0.5) is 8.78 Å². The van der Waals surface area contributed by atoms with Crippen LogP contribution in [0.15, 0.2) is 12.1 Å². The second-order valence-electron chi connectivity index (χ2n) is 3.45. The van der Waals surface area contributed by atoms with E-state index in [2.05, 4.69) is 9.47 Å². The van der Waals surface area contributed by atoms with Crippen molar-refractivity contribution in [2.24, 2.45) is 0 Å². The average Bonchev–Trinajstić information content (AvgIpc) is 2.38. The highest BCUT2D eigenvalue weighted by Crippen LogP contribution is 2.28. The molecule has 0 amide bonds. The van der Waals surface area contributed by atoms with E-state index in [0.29, 0.717) is 5.56 Å². The molecule has 0 heterocycles. The molecule has 1 rings (SSSR count). The summed E-state index contributed by atoms with van der Waals surface area (Å²) < 4.78 is 33.2. The predicted octanol–water partition coefficient (Wildman–Crippen LogP) is 2.61. The highest BCUT2D eigenvalue weighted by atomic mass is 35.5. The lowest BCUT2D eigenvalue weighted by Gasteiger charge is -2.13. The minimum atomic E-state index is -3.01. The summed E-state index contributed by atoms with van der Waals surface area (Å²) in [5.74, 6) is -0.894. The second kappa shape index (κ2) is 6.90. The Hall–Kier alpha value is -1.87. The first-order chi connectivity index (χ1) is 9.03. The molecule has 4 nitrogen and oxygen atoms in total. The maximum Gasteiger partial charge on any atom is 0.387 e. The normalized spacial score (nSPS) is 10.1. The number of methoxy groups -OCH3 is 1. The molecule has 0 atom stereocenters. The van der Waals surface area contributed by atoms with Gasteiger partial charge in [0, 0.05) is 5.56 Å². The van der Waals surface area contributed by atoms with E-state index >= 15 is 0 Å². The van der Waals surface area contributed by atoms with Crippen molar-refractivity contribution in [1.29, 1.82) is 5.26 Å². The molecule has 0 aliphatic carbocycles. The summed E-state index contributed by atoms with van der Waals surface area (Å²) in [6.45, 7) is -3.01. The summed E-state index contributed by atoms with van der Waals surface area (Å²) >= 11 is 5.65. The number of nitrogens with zero attached hydrogens (tertiary/aromatic N) is 1. The Balaban J connectivity index is 3.23. The van der Waals surface area contributed by atoms with Gasteiger partial charge in [-0.05, 0) is 11.6 Å². The minimum absolute atomic E-state index is 0.0542. The molecule has 7 heteroatoms. The molecule has 0 aromatic heterocycles. The molecule has 0 N–H and O–H groups in total. The quantitative estimate of drug-likeness (QED) is 0.617. The van der Waals surface area contributed by atoms with Crippen LogP contribution in [0.1, 0.15) is 16.7 Å². The van der Waals surface area contributed by atoms with Crippen molar-refractivity contribution >= 4 is 17.6 Å². The molecular formula is C12H10ClF2NO3. The van der Waals surface area contributed by atoms with Gasteiger partial charge in [-0.2, -0.15) is 14.0 Å². The van der Waals surface area contributed by atoms with Crippen molar-refractivity contribution in [3.8, 4) is 11.8 Å². The fourth-order valence-electron chi connectivity index (χ4n) is 1.53. The van der Waals surface area contributed by atoms with Gasteiger partial charge in [0.15, 0.2) is 0 Å². The molecule has 0 bridgehead atoms. The van der Waals surface area contributed by atoms with Crippen LogP contribution in [0.5, 0.6) is 5.75 Å². The van der Waals surface area contributed by atoms with Crippen molar-refractivity contribution in [3.05, 3.63) is 28.8 Å². The summed E-state index contributed by atoms with van der Waals surface area (Å²) in [7, 11) is 1.21. The lowest BCUT2D eigenvalue weighted by molar-refractivity contribution is -0.139. The Labute approximate surface area is 113 Å². The number of alkyl halides is 3. The third kappa shape index (κ3) is 3.80. The standard InChI is InChI=1S/C12H10ClF2NO3/c1-18-11(17)4-7-2-3-10(19-12(14)15)8(5-13)9(7)6-16/h2-3,12H,4-5H2,1H3. The average molecular weight is 290 g/mol. The Morgan fingerprint density at radius 1 is 1.53 bits per heavy atom. The number of hydrogen-bond acceptors (Lipinski definition) is 4. The maximum atomic E-state index is 12.2. The Morgan fingerprint density at radius 2 is 2.21 bits per heavy atom. The minimum Gasteiger partial charge on any atom is -0.469 e. The first kappa shape index (κ1) is 15.2. The molecule has 19 heavy (non-hydrogen) atoms. The lowest BCUT2D eigenvalue weighted by atomic mass is 9.99. The van der Waals surface area contributed by atoms with Crippen LogP contribution < -0.4 is 4.74 Å². The van der Waals surface area contributed by atoms with Gasteiger partial charge in [-0.15, -0.1) is 11.6 Å². The summed E-state index contributed by atoms with van der Waals surface area (Å²) in [6, 6.07) is 4.46. The zero-order chi connectivity index (χ0) is 14.4. The molecule has 0 aliphatic rings. The van der Waals surface area contributed by atoms with Gasteiger partial charge in [-0.1, -0.05) is 6.07 Å². The van der Waals surface area contributed by atoms with E-state index in [0.717, 1.165) is 0 Å². The van der Waals surface area contributed by atoms with Crippen molar-refractivity contribution in [1.82, 2.24) is 0 Å². The highest BCUT2D eigenvalue weighted by Gasteiger charge is 2.18. The SMILES string of the molecule is COC(=O)Cc1ccc(OC(F)F)c(CCl)c1C#N. The van der Waals surface area contributed by atoms with E-state index in [1.165, 1.54) is 19.2 Å². The fourth-order valence-corrected chi connectivity index (χ4v) is 1.80. The van der Waals surface area contributed by atoms with E-state index < -0.39 is 12.6 Å². The van der Waals surface area contributed by atoms with Gasteiger partial charge in [-0.3, -0.25) is 4.79 Å². The van der Waals surface area contributed by atoms with Crippen molar-refractivity contribution in [2.75, 3.05) is 7.11 Å². The van der Waals surface area contributed by atoms with Gasteiger partial charge in [0.25, 0.3) is 0 Å². The lowest BCUT2D eigenvalue weighted by Crippen LogP contribution is -2.10. The molecule has 102 valence electrons. The summed E-state index contributed by atoms with van der Waals surface area (Å²) in [4.78, 5) is 11.2. The second-order valence-corrected chi connectivity index (χ2v) is 3.72. The number of rotatable bonds is 5. The van der Waals surface area contributed by atoms with Gasteiger partial charge in [0.05, 0.1) is 31.0 Å². The van der Waals surface area contributed by atoms with E-state index in [9.17, 15) is 13.6 Å². The monoisotopic (exact) mass is 289 g/mol. The molecular weight excluding hydrogens is 280 g/mol.